The molecule has 2 radical (unpaired) electrons. The number of alkyl halides is 3. The molecule has 1 aliphatic heterocycles. The quantitative estimate of drug-likeness (QED) is 0.460. The average Bonchev–Trinajstić information content (AvgIpc) is 2.28. The fourth-order valence-electron chi connectivity index (χ4n) is 1.27. The molecule has 1 heterocycles. The molecule has 0 spiro atoms. The third-order valence-electron chi connectivity index (χ3n) is 1.94. The number of hydrogen-bond donors (Lipinski definition) is 0. The summed E-state index contributed by atoms with van der Waals surface area (Å²) in [6, 6.07) is 0. The van der Waals surface area contributed by atoms with Crippen LogP contribution < -0.4 is 0 Å². The zero-order valence-electron chi connectivity index (χ0n) is 7.25. The summed E-state index contributed by atoms with van der Waals surface area (Å²) in [5.74, 6) is -3.16. The van der Waals surface area contributed by atoms with Crippen molar-refractivity contribution in [1.29, 1.82) is 0 Å². The van der Waals surface area contributed by atoms with Crippen molar-refractivity contribution in [3.05, 3.63) is 0 Å². The Morgan fingerprint density at radius 2 is 2.29 bits per heavy atom. The van der Waals surface area contributed by atoms with Gasteiger partial charge in [-0.05, 0) is 0 Å². The molecule has 0 aromatic heterocycles. The molecule has 0 bridgehead atoms. The first-order chi connectivity index (χ1) is 6.39. The summed E-state index contributed by atoms with van der Waals surface area (Å²) in [6.07, 6.45) is -1.81. The third-order valence-corrected chi connectivity index (χ3v) is 3.18. The van der Waals surface area contributed by atoms with Gasteiger partial charge in [0.15, 0.2) is 0 Å². The second kappa shape index (κ2) is 4.66. The first-order valence-electron chi connectivity index (χ1n) is 3.96. The Morgan fingerprint density at radius 3 is 2.71 bits per heavy atom. The van der Waals surface area contributed by atoms with Crippen LogP contribution in [0.25, 0.3) is 0 Å². The van der Waals surface area contributed by atoms with Crippen LogP contribution in [0.5, 0.6) is 0 Å². The van der Waals surface area contributed by atoms with Gasteiger partial charge in [-0.1, -0.05) is 0 Å². The number of carbonyl (C=O) groups excluding carboxylic acids is 1. The van der Waals surface area contributed by atoms with Gasteiger partial charge in [0.2, 0.25) is 0 Å². The van der Waals surface area contributed by atoms with Crippen molar-refractivity contribution in [1.82, 2.24) is 0 Å². The summed E-state index contributed by atoms with van der Waals surface area (Å²) in [4.78, 5) is 10.7. The van der Waals surface area contributed by atoms with Crippen molar-refractivity contribution in [2.75, 3.05) is 0 Å². The Hall–Kier alpha value is 0.653. The summed E-state index contributed by atoms with van der Waals surface area (Å²) in [5.41, 5.74) is 0. The average molecular weight is 467 g/mol. The van der Waals surface area contributed by atoms with Crippen molar-refractivity contribution >= 4 is 44.3 Å². The number of rotatable bonds is 2. The maximum atomic E-state index is 13.4. The number of carbonyl (C=O) groups is 1. The Kier molecular flexibility index (Phi) is 4.24. The fraction of sp³-hybridized carbons (Fsp3) is 0.857. The van der Waals surface area contributed by atoms with Crippen LogP contribution in [-0.4, -0.2) is 51.5 Å². The maximum absolute atomic E-state index is 13.4. The Bertz CT molecular complexity index is 239. The predicted octanol–water partition coefficient (Wildman–Crippen LogP) is 1.83. The van der Waals surface area contributed by atoms with Crippen molar-refractivity contribution in [3.8, 4) is 0 Å². The van der Waals surface area contributed by atoms with Crippen LogP contribution in [-0.2, 0) is 9.47 Å². The fourth-order valence-corrected chi connectivity index (χ4v) is 2.25. The van der Waals surface area contributed by atoms with Crippen molar-refractivity contribution in [3.63, 3.8) is 0 Å². The van der Waals surface area contributed by atoms with Crippen molar-refractivity contribution in [2.45, 2.75) is 36.5 Å². The number of ether oxygens (including phenoxy) is 2. The first-order valence-corrected chi connectivity index (χ1v) is 6.62. The summed E-state index contributed by atoms with van der Waals surface area (Å²) in [6.45, 7) is 1.71. The van der Waals surface area contributed by atoms with E-state index >= 15 is 0 Å². The molecular weight excluding hydrogens is 459 g/mol. The number of hydrogen-bond acceptors (Lipinski definition) is 3. The molecular formula is C7H8BiBrF2O3. The van der Waals surface area contributed by atoms with E-state index in [0.29, 0.717) is 31.1 Å². The van der Waals surface area contributed by atoms with E-state index in [4.69, 9.17) is 4.74 Å². The van der Waals surface area contributed by atoms with Crippen LogP contribution in [0, 0.1) is 0 Å². The van der Waals surface area contributed by atoms with E-state index in [1.54, 1.807) is 6.92 Å². The molecule has 1 unspecified atom stereocenters. The minimum absolute atomic E-state index is 0.304. The third kappa shape index (κ3) is 2.42. The van der Waals surface area contributed by atoms with Crippen LogP contribution in [0.2, 0.25) is 0 Å². The molecule has 1 aliphatic rings. The topological polar surface area (TPSA) is 35.5 Å². The van der Waals surface area contributed by atoms with Gasteiger partial charge in [-0.2, -0.15) is 0 Å². The van der Waals surface area contributed by atoms with Gasteiger partial charge < -0.3 is 0 Å². The summed E-state index contributed by atoms with van der Waals surface area (Å²) in [7, 11) is 0. The van der Waals surface area contributed by atoms with E-state index in [1.807, 2.05) is 0 Å². The molecule has 0 aromatic rings. The summed E-state index contributed by atoms with van der Waals surface area (Å²) < 4.78 is 35.7. The molecule has 1 rings (SSSR count). The van der Waals surface area contributed by atoms with Gasteiger partial charge >= 0.3 is 104 Å². The molecule has 1 saturated heterocycles. The minimum atomic E-state index is -3.16. The van der Waals surface area contributed by atoms with E-state index in [1.165, 1.54) is 0 Å². The van der Waals surface area contributed by atoms with Gasteiger partial charge in [-0.15, -0.1) is 0 Å². The molecule has 0 aromatic carbocycles. The molecule has 7 heteroatoms. The molecule has 1 fully saturated rings. The second-order valence-corrected chi connectivity index (χ2v) is 5.13. The van der Waals surface area contributed by atoms with Gasteiger partial charge in [-0.25, -0.2) is 0 Å². The molecule has 0 saturated carbocycles. The summed E-state index contributed by atoms with van der Waals surface area (Å²) in [5, 5.41) is -1.37. The Balaban J connectivity index is 2.80. The predicted molar refractivity (Wildman–Crippen MR) is 48.8 cm³/mol. The second-order valence-electron chi connectivity index (χ2n) is 2.88. The normalized spacial score (nSPS) is 35.6. The van der Waals surface area contributed by atoms with Crippen LogP contribution in [0.3, 0.4) is 0 Å². The van der Waals surface area contributed by atoms with Crippen LogP contribution >= 0.6 is 15.9 Å². The Labute approximate surface area is 103 Å². The van der Waals surface area contributed by atoms with Crippen LogP contribution in [0.1, 0.15) is 13.3 Å². The standard InChI is InChI=1S/C7H8BrF2O3.Bi/c1-2-4-5(12-3-11)7(9,10)6(8)13-4;/h4-6H,2H2,1H3;/t4-,5?,6-;/m1./s1. The monoisotopic (exact) mass is 466 g/mol. The van der Waals surface area contributed by atoms with E-state index in [0.717, 1.165) is 0 Å². The van der Waals surface area contributed by atoms with E-state index in [2.05, 4.69) is 20.7 Å². The SMILES string of the molecule is CC[C@H]1O[C@@H](Br)C(F)(F)C1O[C](=O)[Bi]. The molecule has 0 amide bonds. The molecule has 0 aliphatic carbocycles. The molecule has 80 valence electrons. The van der Waals surface area contributed by atoms with Crippen LogP contribution in [0.4, 0.5) is 13.6 Å². The number of halogens is 3. The molecule has 3 nitrogen and oxygen atoms in total. The van der Waals surface area contributed by atoms with Gasteiger partial charge in [-0.3, -0.25) is 0 Å². The van der Waals surface area contributed by atoms with Crippen molar-refractivity contribution < 1.29 is 23.0 Å². The van der Waals surface area contributed by atoms with Gasteiger partial charge in [0.1, 0.15) is 0 Å². The first kappa shape index (κ1) is 12.7. The Morgan fingerprint density at radius 1 is 1.71 bits per heavy atom. The van der Waals surface area contributed by atoms with Gasteiger partial charge in [0.05, 0.1) is 0 Å². The zero-order chi connectivity index (χ0) is 10.9. The van der Waals surface area contributed by atoms with Crippen molar-refractivity contribution in [2.24, 2.45) is 0 Å². The zero-order valence-corrected chi connectivity index (χ0v) is 12.3. The van der Waals surface area contributed by atoms with E-state index in [-0.39, 0.29) is 0 Å². The summed E-state index contributed by atoms with van der Waals surface area (Å²) >= 11 is 3.02. The van der Waals surface area contributed by atoms with Gasteiger partial charge in [0, 0.05) is 0 Å². The van der Waals surface area contributed by atoms with Gasteiger partial charge in [0.25, 0.3) is 0 Å². The van der Waals surface area contributed by atoms with Crippen LogP contribution in [0.15, 0.2) is 0 Å². The molecule has 0 N–H and O–H groups in total. The van der Waals surface area contributed by atoms with E-state index in [9.17, 15) is 13.6 Å². The molecule has 14 heavy (non-hydrogen) atoms. The molecule has 3 atom stereocenters. The van der Waals surface area contributed by atoms with E-state index < -0.39 is 26.8 Å².